The van der Waals surface area contributed by atoms with Crippen LogP contribution in [-0.2, 0) is 4.73 Å². The van der Waals surface area contributed by atoms with Crippen LogP contribution < -0.4 is 9.05 Å². The van der Waals surface area contributed by atoms with Crippen molar-refractivity contribution in [3.63, 3.8) is 0 Å². The van der Waals surface area contributed by atoms with Crippen LogP contribution in [0.4, 0.5) is 4.53 Å². The number of para-hydroxylation sites is 2. The van der Waals surface area contributed by atoms with Gasteiger partial charge in [-0.25, -0.2) is 0 Å². The fourth-order valence-corrected chi connectivity index (χ4v) is 5.58. The second kappa shape index (κ2) is 10.4. The lowest BCUT2D eigenvalue weighted by Crippen LogP contribution is -2.08. The van der Waals surface area contributed by atoms with E-state index in [4.69, 9.17) is 9.05 Å². The zero-order valence-corrected chi connectivity index (χ0v) is 17.8. The van der Waals surface area contributed by atoms with Gasteiger partial charge in [0.05, 0.1) is 0 Å². The molecule has 0 bridgehead atoms. The molecule has 0 atom stereocenters. The van der Waals surface area contributed by atoms with Crippen molar-refractivity contribution in [3.05, 3.63) is 59.7 Å². The lowest BCUT2D eigenvalue weighted by Gasteiger charge is -2.26. The predicted molar refractivity (Wildman–Crippen MR) is 115 cm³/mol. The third-order valence-corrected chi connectivity index (χ3v) is 7.13. The van der Waals surface area contributed by atoms with E-state index in [0.29, 0.717) is 23.3 Å². The van der Waals surface area contributed by atoms with Gasteiger partial charge in [-0.3, -0.25) is 0 Å². The molecule has 2 aromatic rings. The van der Waals surface area contributed by atoms with Crippen LogP contribution in [0.5, 0.6) is 11.5 Å². The van der Waals surface area contributed by atoms with Crippen LogP contribution in [0.1, 0.15) is 87.2 Å². The van der Waals surface area contributed by atoms with Gasteiger partial charge in [0.25, 0.3) is 0 Å². The molecule has 0 unspecified atom stereocenters. The van der Waals surface area contributed by atoms with E-state index in [1.807, 2.05) is 36.4 Å². The fraction of sp³-hybridized carbons (Fsp3) is 0.500. The second-order valence-corrected chi connectivity index (χ2v) is 9.17. The largest absolute Gasteiger partial charge is 0.497 e. The van der Waals surface area contributed by atoms with Crippen molar-refractivity contribution in [1.82, 2.24) is 0 Å². The van der Waals surface area contributed by atoms with Gasteiger partial charge in [0.15, 0.2) is 0 Å². The van der Waals surface area contributed by atoms with E-state index in [1.165, 1.54) is 38.5 Å². The minimum absolute atomic E-state index is 0.464. The molecule has 0 saturated heterocycles. The second-order valence-electron chi connectivity index (χ2n) is 8.22. The Morgan fingerprint density at radius 1 is 0.621 bits per heavy atom. The van der Waals surface area contributed by atoms with Crippen molar-refractivity contribution < 1.29 is 18.3 Å². The van der Waals surface area contributed by atoms with E-state index in [1.54, 1.807) is 0 Å². The van der Waals surface area contributed by atoms with E-state index in [2.05, 4.69) is 16.9 Å². The van der Waals surface area contributed by atoms with Crippen molar-refractivity contribution in [2.45, 2.75) is 76.0 Å². The molecule has 0 amide bonds. The minimum Gasteiger partial charge on any atom is -0.416 e. The summed E-state index contributed by atoms with van der Waals surface area (Å²) in [6.45, 7) is 0. The summed E-state index contributed by atoms with van der Waals surface area (Å²) < 4.78 is 29.5. The number of rotatable bonds is 7. The van der Waals surface area contributed by atoms with E-state index in [-0.39, 0.29) is 0 Å². The first-order valence-corrected chi connectivity index (χ1v) is 12.1. The molecule has 0 N–H and O–H groups in total. The molecule has 0 aromatic heterocycles. The summed E-state index contributed by atoms with van der Waals surface area (Å²) >= 11 is 0. The molecule has 156 valence electrons. The predicted octanol–water partition coefficient (Wildman–Crippen LogP) is 8.37. The van der Waals surface area contributed by atoms with Crippen LogP contribution in [0.25, 0.3) is 0 Å². The maximum absolute atomic E-state index is 13.5. The number of hydrogen-bond donors (Lipinski definition) is 0. The number of hydrogen-bond acceptors (Lipinski definition) is 3. The zero-order chi connectivity index (χ0) is 19.9. The molecule has 2 aromatic carbocycles. The highest BCUT2D eigenvalue weighted by molar-refractivity contribution is 7.42. The quantitative estimate of drug-likeness (QED) is 0.424. The van der Waals surface area contributed by atoms with Gasteiger partial charge in [0.2, 0.25) is 0 Å². The summed E-state index contributed by atoms with van der Waals surface area (Å²) in [6, 6.07) is 15.9. The average molecular weight is 416 g/mol. The minimum atomic E-state index is -2.15. The monoisotopic (exact) mass is 416 g/mol. The molecule has 2 fully saturated rings. The summed E-state index contributed by atoms with van der Waals surface area (Å²) in [5, 5.41) is 0. The summed E-state index contributed by atoms with van der Waals surface area (Å²) in [6.07, 6.45) is 12.1. The third kappa shape index (κ3) is 5.29. The van der Waals surface area contributed by atoms with Crippen molar-refractivity contribution in [2.75, 3.05) is 0 Å². The maximum atomic E-state index is 13.5. The molecule has 2 saturated carbocycles. The SMILES string of the molecule is FOP(Oc1ccccc1C1CCCCC1)Oc1ccccc1C1CCCCC1. The van der Waals surface area contributed by atoms with Crippen LogP contribution >= 0.6 is 8.60 Å². The van der Waals surface area contributed by atoms with Crippen LogP contribution in [0.15, 0.2) is 48.5 Å². The van der Waals surface area contributed by atoms with Gasteiger partial charge in [0.1, 0.15) is 11.5 Å². The van der Waals surface area contributed by atoms with Gasteiger partial charge in [-0.15, -0.1) is 0 Å². The molecule has 2 aliphatic rings. The molecule has 29 heavy (non-hydrogen) atoms. The Labute approximate surface area is 174 Å². The van der Waals surface area contributed by atoms with Crippen molar-refractivity contribution >= 4 is 8.60 Å². The first-order chi connectivity index (χ1) is 14.3. The maximum Gasteiger partial charge on any atom is 0.497 e. The Morgan fingerprint density at radius 3 is 1.45 bits per heavy atom. The third-order valence-electron chi connectivity index (χ3n) is 6.33. The molecular formula is C24H30FO3P. The molecule has 0 heterocycles. The Morgan fingerprint density at radius 2 is 1.03 bits per heavy atom. The molecule has 5 heteroatoms. The van der Waals surface area contributed by atoms with Crippen molar-refractivity contribution in [3.8, 4) is 11.5 Å². The summed E-state index contributed by atoms with van der Waals surface area (Å²) in [5.74, 6) is 2.29. The Balaban J connectivity index is 1.50. The van der Waals surface area contributed by atoms with E-state index in [9.17, 15) is 4.53 Å². The highest BCUT2D eigenvalue weighted by atomic mass is 31.2. The van der Waals surface area contributed by atoms with Gasteiger partial charge in [0, 0.05) is 0 Å². The van der Waals surface area contributed by atoms with Crippen LogP contribution in [0, 0.1) is 0 Å². The summed E-state index contributed by atoms with van der Waals surface area (Å²) in [4.78, 5) is 0. The van der Waals surface area contributed by atoms with Gasteiger partial charge >= 0.3 is 8.60 Å². The lowest BCUT2D eigenvalue weighted by atomic mass is 9.84. The Kier molecular flexibility index (Phi) is 7.40. The van der Waals surface area contributed by atoms with Gasteiger partial charge < -0.3 is 9.05 Å². The first kappa shape index (κ1) is 20.6. The normalized spacial score (nSPS) is 18.7. The zero-order valence-electron chi connectivity index (χ0n) is 16.9. The fourth-order valence-electron chi connectivity index (χ4n) is 4.84. The highest BCUT2D eigenvalue weighted by Gasteiger charge is 2.26. The topological polar surface area (TPSA) is 27.7 Å². The standard InChI is InChI=1S/C24H30FO3P/c25-28-29(26-23-17-9-7-15-21(23)19-11-3-1-4-12-19)27-24-18-10-8-16-22(24)20-13-5-2-6-14-20/h7-10,15-20H,1-6,11-14H2. The number of halogens is 1. The average Bonchev–Trinajstić information content (AvgIpc) is 2.80. The molecule has 2 aliphatic carbocycles. The summed E-state index contributed by atoms with van der Waals surface area (Å²) in [7, 11) is -2.15. The molecular weight excluding hydrogens is 386 g/mol. The lowest BCUT2D eigenvalue weighted by molar-refractivity contribution is -0.0159. The Hall–Kier alpha value is -1.64. The molecule has 4 rings (SSSR count). The molecule has 0 radical (unpaired) electrons. The van der Waals surface area contributed by atoms with E-state index < -0.39 is 8.60 Å². The Bertz CT molecular complexity index is 709. The van der Waals surface area contributed by atoms with Crippen LogP contribution in [-0.4, -0.2) is 0 Å². The first-order valence-electron chi connectivity index (χ1n) is 11.0. The molecule has 3 nitrogen and oxygen atoms in total. The van der Waals surface area contributed by atoms with E-state index >= 15 is 0 Å². The molecule has 0 aliphatic heterocycles. The molecule has 0 spiro atoms. The van der Waals surface area contributed by atoms with Gasteiger partial charge in [-0.1, -0.05) is 79.7 Å². The van der Waals surface area contributed by atoms with E-state index in [0.717, 1.165) is 36.8 Å². The summed E-state index contributed by atoms with van der Waals surface area (Å²) in [5.41, 5.74) is 2.28. The van der Waals surface area contributed by atoms with Crippen molar-refractivity contribution in [1.29, 1.82) is 0 Å². The number of benzene rings is 2. The van der Waals surface area contributed by atoms with Crippen LogP contribution in [0.2, 0.25) is 0 Å². The smallest absolute Gasteiger partial charge is 0.416 e. The van der Waals surface area contributed by atoms with Crippen molar-refractivity contribution in [2.24, 2.45) is 0 Å². The van der Waals surface area contributed by atoms with Crippen LogP contribution in [0.3, 0.4) is 0 Å². The van der Waals surface area contributed by atoms with Gasteiger partial charge in [-0.05, 0) is 65.3 Å². The van der Waals surface area contributed by atoms with Gasteiger partial charge in [-0.2, -0.15) is 0 Å². The highest BCUT2D eigenvalue weighted by Crippen LogP contribution is 2.48.